The number of aliphatic carboxylic acids is 1. The van der Waals surface area contributed by atoms with E-state index in [0.29, 0.717) is 11.7 Å². The zero-order valence-corrected chi connectivity index (χ0v) is 17.4. The van der Waals surface area contributed by atoms with E-state index in [1.54, 1.807) is 6.08 Å². The molecule has 152 valence electrons. The highest BCUT2D eigenvalue weighted by molar-refractivity contribution is 8.04. The maximum Gasteiger partial charge on any atom is 0.213 e. The van der Waals surface area contributed by atoms with Gasteiger partial charge in [-0.2, -0.15) is 0 Å². The van der Waals surface area contributed by atoms with Gasteiger partial charge in [-0.1, -0.05) is 55.5 Å². The van der Waals surface area contributed by atoms with Crippen LogP contribution in [0.1, 0.15) is 30.3 Å². The van der Waals surface area contributed by atoms with Crippen LogP contribution in [0.3, 0.4) is 0 Å². The molecule has 0 saturated carbocycles. The van der Waals surface area contributed by atoms with Crippen molar-refractivity contribution in [2.24, 2.45) is 0 Å². The predicted molar refractivity (Wildman–Crippen MR) is 117 cm³/mol. The molecule has 4 rings (SSSR count). The summed E-state index contributed by atoms with van der Waals surface area (Å²) < 4.78 is 2.13. The van der Waals surface area contributed by atoms with Crippen molar-refractivity contribution in [1.82, 2.24) is 19.7 Å². The molecule has 0 aliphatic rings. The molecule has 1 N–H and O–H groups in total. The van der Waals surface area contributed by atoms with Crippen molar-refractivity contribution in [3.05, 3.63) is 82.7 Å². The average molecular weight is 418 g/mol. The highest BCUT2D eigenvalue weighted by Gasteiger charge is 2.12. The molecule has 2 heterocycles. The summed E-state index contributed by atoms with van der Waals surface area (Å²) in [6, 6.07) is 18.1. The number of aromatic nitrogens is 4. The molecule has 7 heteroatoms. The van der Waals surface area contributed by atoms with Gasteiger partial charge in [-0.05, 0) is 35.9 Å². The number of para-hydroxylation sites is 1. The van der Waals surface area contributed by atoms with Crippen molar-refractivity contribution < 1.29 is 9.90 Å². The van der Waals surface area contributed by atoms with Gasteiger partial charge in [-0.15, -0.1) is 5.10 Å². The Morgan fingerprint density at radius 3 is 2.70 bits per heavy atom. The number of nitrogens with one attached hydrogen (secondary N) is 1. The Labute approximate surface area is 178 Å². The molecule has 0 saturated heterocycles. The second-order valence-corrected chi connectivity index (χ2v) is 7.94. The van der Waals surface area contributed by atoms with Gasteiger partial charge in [0.05, 0.1) is 5.97 Å². The molecule has 0 bridgehead atoms. The summed E-state index contributed by atoms with van der Waals surface area (Å²) in [4.78, 5) is 16.2. The fourth-order valence-corrected chi connectivity index (χ4v) is 4.06. The molecule has 0 amide bonds. The molecule has 0 radical (unpaired) electrons. The Hall–Kier alpha value is -3.32. The number of aryl methyl sites for hydroxylation is 1. The first kappa shape index (κ1) is 20.0. The van der Waals surface area contributed by atoms with E-state index in [0.717, 1.165) is 46.9 Å². The van der Waals surface area contributed by atoms with E-state index in [1.165, 1.54) is 5.56 Å². The Balaban J connectivity index is 1.69. The summed E-state index contributed by atoms with van der Waals surface area (Å²) >= 11 is 0.996. The van der Waals surface area contributed by atoms with Crippen LogP contribution >= 0.6 is 11.8 Å². The van der Waals surface area contributed by atoms with Gasteiger partial charge >= 0.3 is 0 Å². The first-order valence-corrected chi connectivity index (χ1v) is 10.6. The summed E-state index contributed by atoms with van der Waals surface area (Å²) in [5, 5.41) is 20.1. The van der Waals surface area contributed by atoms with Crippen molar-refractivity contribution in [3.8, 4) is 0 Å². The van der Waals surface area contributed by atoms with Crippen LogP contribution in [0, 0.1) is 0 Å². The third kappa shape index (κ3) is 4.46. The van der Waals surface area contributed by atoms with Gasteiger partial charge in [-0.3, -0.25) is 5.10 Å². The van der Waals surface area contributed by atoms with Crippen LogP contribution in [-0.2, 0) is 17.8 Å². The van der Waals surface area contributed by atoms with Gasteiger partial charge in [-0.25, -0.2) is 4.98 Å². The lowest BCUT2D eigenvalue weighted by atomic mass is 10.1. The third-order valence-electron chi connectivity index (χ3n) is 4.70. The minimum atomic E-state index is -1.25. The van der Waals surface area contributed by atoms with Crippen molar-refractivity contribution in [2.45, 2.75) is 31.5 Å². The van der Waals surface area contributed by atoms with E-state index in [2.05, 4.69) is 31.9 Å². The number of hydrogen-bond donors (Lipinski definition) is 1. The number of carboxylic acids is 1. The molecule has 2 aromatic heterocycles. The van der Waals surface area contributed by atoms with E-state index in [9.17, 15) is 9.90 Å². The largest absolute Gasteiger partial charge is 0.544 e. The quantitative estimate of drug-likeness (QED) is 0.349. The second kappa shape index (κ2) is 9.00. The molecule has 0 atom stereocenters. The maximum absolute atomic E-state index is 11.8. The van der Waals surface area contributed by atoms with Crippen molar-refractivity contribution >= 4 is 34.7 Å². The number of H-pyrrole nitrogens is 1. The maximum atomic E-state index is 11.8. The molecule has 2 aromatic carbocycles. The number of aromatic amines is 1. The Morgan fingerprint density at radius 1 is 1.17 bits per heavy atom. The molecular weight excluding hydrogens is 396 g/mol. The number of carbonyl (C=O) groups excluding carboxylic acids is 1. The highest BCUT2D eigenvalue weighted by atomic mass is 32.2. The first-order chi connectivity index (χ1) is 14.6. The van der Waals surface area contributed by atoms with E-state index in [4.69, 9.17) is 0 Å². The van der Waals surface area contributed by atoms with Crippen LogP contribution in [0.2, 0.25) is 0 Å². The van der Waals surface area contributed by atoms with Gasteiger partial charge in [0, 0.05) is 40.5 Å². The molecule has 0 aliphatic heterocycles. The highest BCUT2D eigenvalue weighted by Crippen LogP contribution is 2.29. The van der Waals surface area contributed by atoms with E-state index in [-0.39, 0.29) is 4.91 Å². The Bertz CT molecular complexity index is 1190. The van der Waals surface area contributed by atoms with Gasteiger partial charge < -0.3 is 14.5 Å². The number of rotatable bonds is 8. The average Bonchev–Trinajstić information content (AvgIpc) is 3.33. The zero-order chi connectivity index (χ0) is 20.9. The number of thioether (sulfide) groups is 1. The molecule has 6 nitrogen and oxygen atoms in total. The lowest BCUT2D eigenvalue weighted by molar-refractivity contribution is -0.297. The Morgan fingerprint density at radius 2 is 1.93 bits per heavy atom. The minimum Gasteiger partial charge on any atom is -0.544 e. The summed E-state index contributed by atoms with van der Waals surface area (Å²) in [6.45, 7) is 2.75. The van der Waals surface area contributed by atoms with Gasteiger partial charge in [0.2, 0.25) is 5.16 Å². The van der Waals surface area contributed by atoms with Crippen LogP contribution in [0.4, 0.5) is 0 Å². The van der Waals surface area contributed by atoms with Crippen molar-refractivity contribution in [2.75, 3.05) is 0 Å². The Kier molecular flexibility index (Phi) is 5.99. The smallest absolute Gasteiger partial charge is 0.213 e. The molecule has 0 aliphatic carbocycles. The molecule has 0 unspecified atom stereocenters. The van der Waals surface area contributed by atoms with Gasteiger partial charge in [0.15, 0.2) is 0 Å². The standard InChI is InChI=1S/C23H22N4O2S/c1-2-8-21-24-23(26-25-21)30-20(22(28)29)13-17-15-27(14-16-9-4-3-5-10-16)19-12-7-6-11-18(17)19/h3-7,9-13,15H,2,8,14H2,1H3,(H,28,29)(H,24,25,26)/p-1/b20-13-. The predicted octanol–water partition coefficient (Wildman–Crippen LogP) is 3.64. The molecular formula is C23H21N4O2S-. The zero-order valence-electron chi connectivity index (χ0n) is 16.5. The molecule has 30 heavy (non-hydrogen) atoms. The van der Waals surface area contributed by atoms with Gasteiger partial charge in [0.25, 0.3) is 0 Å². The SMILES string of the molecule is CCCc1nc(S/C(=C\c2cn(Cc3ccccc3)c3ccccc23)C(=O)[O-])n[nH]1. The van der Waals surface area contributed by atoms with E-state index < -0.39 is 5.97 Å². The summed E-state index contributed by atoms with van der Waals surface area (Å²) in [6.07, 6.45) is 5.32. The number of benzene rings is 2. The summed E-state index contributed by atoms with van der Waals surface area (Å²) in [7, 11) is 0. The number of carbonyl (C=O) groups is 1. The molecule has 0 spiro atoms. The van der Waals surface area contributed by atoms with Crippen LogP contribution in [0.15, 0.2) is 70.9 Å². The van der Waals surface area contributed by atoms with Crippen LogP contribution < -0.4 is 5.11 Å². The minimum absolute atomic E-state index is 0.0691. The third-order valence-corrected chi connectivity index (χ3v) is 5.57. The number of fused-ring (bicyclic) bond motifs is 1. The lowest BCUT2D eigenvalue weighted by Crippen LogP contribution is -2.23. The van der Waals surface area contributed by atoms with Crippen molar-refractivity contribution in [3.63, 3.8) is 0 Å². The van der Waals surface area contributed by atoms with Crippen molar-refractivity contribution in [1.29, 1.82) is 0 Å². The number of hydrogen-bond acceptors (Lipinski definition) is 5. The second-order valence-electron chi connectivity index (χ2n) is 6.93. The number of carboxylic acid groups (broad SMARTS) is 1. The number of nitrogens with zero attached hydrogens (tertiary/aromatic N) is 3. The fourth-order valence-electron chi connectivity index (χ4n) is 3.34. The fraction of sp³-hybridized carbons (Fsp3) is 0.174. The lowest BCUT2D eigenvalue weighted by Gasteiger charge is -2.05. The van der Waals surface area contributed by atoms with Crippen LogP contribution in [-0.4, -0.2) is 25.7 Å². The van der Waals surface area contributed by atoms with Crippen LogP contribution in [0.25, 0.3) is 17.0 Å². The van der Waals surface area contributed by atoms with Gasteiger partial charge in [0.1, 0.15) is 5.82 Å². The summed E-state index contributed by atoms with van der Waals surface area (Å²) in [5.74, 6) is -0.501. The van der Waals surface area contributed by atoms with E-state index in [1.807, 2.05) is 55.6 Å². The summed E-state index contributed by atoms with van der Waals surface area (Å²) in [5.41, 5.74) is 3.03. The molecule has 4 aromatic rings. The van der Waals surface area contributed by atoms with Crippen LogP contribution in [0.5, 0.6) is 0 Å². The first-order valence-electron chi connectivity index (χ1n) is 9.78. The monoisotopic (exact) mass is 417 g/mol. The normalized spacial score (nSPS) is 11.8. The van der Waals surface area contributed by atoms with E-state index >= 15 is 0 Å². The topological polar surface area (TPSA) is 86.6 Å². The molecule has 0 fully saturated rings.